The number of ether oxygens (including phenoxy) is 1. The first-order valence-electron chi connectivity index (χ1n) is 5.83. The molecule has 0 aliphatic rings. The van der Waals surface area contributed by atoms with Crippen molar-refractivity contribution in [1.29, 1.82) is 0 Å². The normalized spacial score (nSPS) is 12.2. The number of methoxy groups -OCH3 is 1. The number of halogens is 3. The minimum atomic E-state index is -1.05. The monoisotopic (exact) mass is 343 g/mol. The molecule has 0 saturated carbocycles. The summed E-state index contributed by atoms with van der Waals surface area (Å²) in [6.07, 6.45) is 0.189. The van der Waals surface area contributed by atoms with E-state index in [9.17, 15) is 13.9 Å². The van der Waals surface area contributed by atoms with E-state index in [1.54, 1.807) is 12.1 Å². The van der Waals surface area contributed by atoms with E-state index in [4.69, 9.17) is 4.74 Å². The van der Waals surface area contributed by atoms with Gasteiger partial charge >= 0.3 is 0 Å². The van der Waals surface area contributed by atoms with Crippen LogP contribution in [0.1, 0.15) is 17.2 Å². The van der Waals surface area contributed by atoms with Crippen molar-refractivity contribution in [3.8, 4) is 5.88 Å². The largest absolute Gasteiger partial charge is 0.481 e. The molecule has 0 aliphatic heterocycles. The van der Waals surface area contributed by atoms with Gasteiger partial charge in [0.1, 0.15) is 11.6 Å². The molecule has 0 spiro atoms. The van der Waals surface area contributed by atoms with Crippen LogP contribution in [0.5, 0.6) is 5.88 Å². The maximum Gasteiger partial charge on any atom is 0.212 e. The molecule has 20 heavy (non-hydrogen) atoms. The van der Waals surface area contributed by atoms with Gasteiger partial charge < -0.3 is 9.84 Å². The predicted molar refractivity (Wildman–Crippen MR) is 73.5 cm³/mol. The quantitative estimate of drug-likeness (QED) is 0.865. The summed E-state index contributed by atoms with van der Waals surface area (Å²) >= 11 is 2.99. The number of nitrogens with zero attached hydrogens (tertiary/aromatic N) is 1. The molecule has 0 aliphatic carbocycles. The molecule has 1 atom stereocenters. The topological polar surface area (TPSA) is 42.4 Å². The van der Waals surface area contributed by atoms with Crippen LogP contribution in [0, 0.1) is 11.6 Å². The number of hydrogen-bond acceptors (Lipinski definition) is 3. The lowest BCUT2D eigenvalue weighted by molar-refractivity contribution is 0.175. The highest BCUT2D eigenvalue weighted by molar-refractivity contribution is 9.10. The zero-order valence-corrected chi connectivity index (χ0v) is 12.2. The molecule has 1 N–H and O–H groups in total. The Morgan fingerprint density at radius 3 is 2.65 bits per heavy atom. The fourth-order valence-electron chi connectivity index (χ4n) is 1.78. The van der Waals surface area contributed by atoms with Gasteiger partial charge in [-0.25, -0.2) is 13.8 Å². The van der Waals surface area contributed by atoms with Gasteiger partial charge in [-0.3, -0.25) is 0 Å². The first-order chi connectivity index (χ1) is 9.52. The smallest absolute Gasteiger partial charge is 0.212 e. The lowest BCUT2D eigenvalue weighted by atomic mass is 10.0. The summed E-state index contributed by atoms with van der Waals surface area (Å²) in [6, 6.07) is 5.62. The van der Waals surface area contributed by atoms with E-state index < -0.39 is 17.7 Å². The minimum absolute atomic E-state index is 0.161. The van der Waals surface area contributed by atoms with Crippen LogP contribution in [-0.4, -0.2) is 17.2 Å². The standard InChI is InChI=1S/C14H12BrF2NO2/c1-20-13-5-2-8(7-18-13)12(19)6-9-11(16)4-3-10(15)14(9)17/h2-5,7,12,19H,6H2,1H3. The highest BCUT2D eigenvalue weighted by atomic mass is 79.9. The van der Waals surface area contributed by atoms with Crippen LogP contribution in [0.2, 0.25) is 0 Å². The Hall–Kier alpha value is -1.53. The zero-order chi connectivity index (χ0) is 14.7. The van der Waals surface area contributed by atoms with Crippen LogP contribution in [0.3, 0.4) is 0 Å². The zero-order valence-electron chi connectivity index (χ0n) is 10.6. The molecular formula is C14H12BrF2NO2. The second kappa shape index (κ2) is 6.28. The number of pyridine rings is 1. The van der Waals surface area contributed by atoms with E-state index in [0.717, 1.165) is 6.07 Å². The molecule has 1 unspecified atom stereocenters. The molecule has 0 fully saturated rings. The van der Waals surface area contributed by atoms with Crippen LogP contribution in [0.25, 0.3) is 0 Å². The van der Waals surface area contributed by atoms with E-state index in [1.165, 1.54) is 19.4 Å². The fourth-order valence-corrected chi connectivity index (χ4v) is 2.15. The first kappa shape index (κ1) is 14.9. The average Bonchev–Trinajstić information content (AvgIpc) is 2.47. The molecule has 0 saturated heterocycles. The second-order valence-corrected chi connectivity index (χ2v) is 5.03. The lowest BCUT2D eigenvalue weighted by Gasteiger charge is -2.13. The molecule has 3 nitrogen and oxygen atoms in total. The van der Waals surface area contributed by atoms with E-state index in [0.29, 0.717) is 11.4 Å². The summed E-state index contributed by atoms with van der Waals surface area (Å²) in [5.74, 6) is -0.988. The Kier molecular flexibility index (Phi) is 4.67. The molecule has 0 bridgehead atoms. The third kappa shape index (κ3) is 3.13. The SMILES string of the molecule is COc1ccc(C(O)Cc2c(F)ccc(Br)c2F)cn1. The molecule has 0 amide bonds. The number of rotatable bonds is 4. The van der Waals surface area contributed by atoms with E-state index >= 15 is 0 Å². The van der Waals surface area contributed by atoms with Crippen molar-refractivity contribution >= 4 is 15.9 Å². The maximum absolute atomic E-state index is 13.8. The van der Waals surface area contributed by atoms with E-state index in [-0.39, 0.29) is 16.5 Å². The first-order valence-corrected chi connectivity index (χ1v) is 6.62. The molecular weight excluding hydrogens is 332 g/mol. The van der Waals surface area contributed by atoms with Gasteiger partial charge in [0.2, 0.25) is 5.88 Å². The van der Waals surface area contributed by atoms with Crippen LogP contribution in [0.15, 0.2) is 34.9 Å². The highest BCUT2D eigenvalue weighted by Gasteiger charge is 2.17. The van der Waals surface area contributed by atoms with E-state index in [2.05, 4.69) is 20.9 Å². The van der Waals surface area contributed by atoms with Gasteiger partial charge in [-0.05, 0) is 39.7 Å². The molecule has 2 rings (SSSR count). The van der Waals surface area contributed by atoms with Crippen LogP contribution >= 0.6 is 15.9 Å². The number of benzene rings is 1. The van der Waals surface area contributed by atoms with Crippen LogP contribution in [-0.2, 0) is 6.42 Å². The molecule has 2 aromatic rings. The van der Waals surface area contributed by atoms with Gasteiger partial charge in [0.05, 0.1) is 17.7 Å². The predicted octanol–water partition coefficient (Wildman–Crippen LogP) is 3.41. The van der Waals surface area contributed by atoms with Crippen LogP contribution < -0.4 is 4.74 Å². The fraction of sp³-hybridized carbons (Fsp3) is 0.214. The van der Waals surface area contributed by atoms with Crippen LogP contribution in [0.4, 0.5) is 8.78 Å². The molecule has 1 heterocycles. The third-order valence-corrected chi connectivity index (χ3v) is 3.50. The molecule has 106 valence electrons. The van der Waals surface area contributed by atoms with Crippen molar-refractivity contribution in [2.45, 2.75) is 12.5 Å². The Balaban J connectivity index is 2.23. The van der Waals surface area contributed by atoms with E-state index in [1.807, 2.05) is 0 Å². The highest BCUT2D eigenvalue weighted by Crippen LogP contribution is 2.26. The molecule has 6 heteroatoms. The molecule has 1 aromatic carbocycles. The van der Waals surface area contributed by atoms with Gasteiger partial charge in [-0.15, -0.1) is 0 Å². The lowest BCUT2D eigenvalue weighted by Crippen LogP contribution is -2.06. The Labute approximate surface area is 123 Å². The number of aliphatic hydroxyl groups is 1. The van der Waals surface area contributed by atoms with Crippen molar-refractivity contribution in [3.05, 3.63) is 57.7 Å². The van der Waals surface area contributed by atoms with Gasteiger partial charge in [0, 0.05) is 24.2 Å². The Morgan fingerprint density at radius 2 is 2.05 bits per heavy atom. The average molecular weight is 344 g/mol. The van der Waals surface area contributed by atoms with Crippen molar-refractivity contribution in [2.75, 3.05) is 7.11 Å². The molecule has 0 radical (unpaired) electrons. The van der Waals surface area contributed by atoms with Crippen molar-refractivity contribution in [2.24, 2.45) is 0 Å². The number of aliphatic hydroxyl groups excluding tert-OH is 1. The summed E-state index contributed by atoms with van der Waals surface area (Å²) in [5, 5.41) is 10.0. The summed E-state index contributed by atoms with van der Waals surface area (Å²) in [4.78, 5) is 3.94. The van der Waals surface area contributed by atoms with Gasteiger partial charge in [0.25, 0.3) is 0 Å². The Bertz CT molecular complexity index is 605. The van der Waals surface area contributed by atoms with Crippen molar-refractivity contribution in [3.63, 3.8) is 0 Å². The number of hydrogen-bond donors (Lipinski definition) is 1. The Morgan fingerprint density at radius 1 is 1.30 bits per heavy atom. The minimum Gasteiger partial charge on any atom is -0.481 e. The summed E-state index contributed by atoms with van der Waals surface area (Å²) in [6.45, 7) is 0. The van der Waals surface area contributed by atoms with Gasteiger partial charge in [-0.1, -0.05) is 0 Å². The second-order valence-electron chi connectivity index (χ2n) is 4.18. The summed E-state index contributed by atoms with van der Waals surface area (Å²) in [5.41, 5.74) is 0.298. The molecule has 1 aromatic heterocycles. The maximum atomic E-state index is 13.8. The number of aromatic nitrogens is 1. The van der Waals surface area contributed by atoms with Crippen molar-refractivity contribution < 1.29 is 18.6 Å². The van der Waals surface area contributed by atoms with Gasteiger partial charge in [-0.2, -0.15) is 0 Å². The van der Waals surface area contributed by atoms with Gasteiger partial charge in [0.15, 0.2) is 0 Å². The third-order valence-electron chi connectivity index (χ3n) is 2.89. The summed E-state index contributed by atoms with van der Waals surface area (Å²) in [7, 11) is 1.48. The van der Waals surface area contributed by atoms with Crippen molar-refractivity contribution in [1.82, 2.24) is 4.98 Å². The summed E-state index contributed by atoms with van der Waals surface area (Å²) < 4.78 is 32.5.